The summed E-state index contributed by atoms with van der Waals surface area (Å²) in [7, 11) is 0. The first-order chi connectivity index (χ1) is 9.58. The molecule has 1 N–H and O–H groups in total. The highest BCUT2D eigenvalue weighted by Crippen LogP contribution is 2.19. The van der Waals surface area contributed by atoms with Crippen LogP contribution in [0.3, 0.4) is 0 Å². The number of rotatable bonds is 9. The molecule has 3 nitrogen and oxygen atoms in total. The summed E-state index contributed by atoms with van der Waals surface area (Å²) in [5.41, 5.74) is 1.27. The number of hydrogen-bond donors (Lipinski definition) is 1. The molecule has 0 amide bonds. The van der Waals surface area contributed by atoms with Crippen molar-refractivity contribution in [3.8, 4) is 5.75 Å². The van der Waals surface area contributed by atoms with Crippen LogP contribution in [0.5, 0.6) is 5.75 Å². The third-order valence-corrected chi connectivity index (χ3v) is 3.46. The number of ether oxygens (including phenoxy) is 2. The molecule has 3 heteroatoms. The Morgan fingerprint density at radius 3 is 2.15 bits per heavy atom. The molecule has 0 aliphatic carbocycles. The van der Waals surface area contributed by atoms with Gasteiger partial charge in [0.15, 0.2) is 0 Å². The van der Waals surface area contributed by atoms with E-state index in [9.17, 15) is 0 Å². The van der Waals surface area contributed by atoms with Gasteiger partial charge in [-0.2, -0.15) is 0 Å². The summed E-state index contributed by atoms with van der Waals surface area (Å²) >= 11 is 0. The van der Waals surface area contributed by atoms with E-state index in [0.717, 1.165) is 19.0 Å². The minimum absolute atomic E-state index is 0.304. The molecule has 114 valence electrons. The molecular weight excluding hydrogens is 250 g/mol. The van der Waals surface area contributed by atoms with Crippen molar-refractivity contribution >= 4 is 0 Å². The SMILES string of the molecule is CCOCC(NC(C)c1ccc(OCC)cc1)C(C)C. The summed E-state index contributed by atoms with van der Waals surface area (Å²) in [5.74, 6) is 1.48. The third-order valence-electron chi connectivity index (χ3n) is 3.46. The van der Waals surface area contributed by atoms with E-state index >= 15 is 0 Å². The summed E-state index contributed by atoms with van der Waals surface area (Å²) in [6, 6.07) is 8.99. The van der Waals surface area contributed by atoms with Crippen molar-refractivity contribution in [1.82, 2.24) is 5.32 Å². The van der Waals surface area contributed by atoms with Crippen LogP contribution in [-0.2, 0) is 4.74 Å². The molecule has 0 heterocycles. The molecule has 0 radical (unpaired) electrons. The van der Waals surface area contributed by atoms with Crippen LogP contribution >= 0.6 is 0 Å². The standard InChI is InChI=1S/C17H29NO2/c1-6-19-12-17(13(3)4)18-14(5)15-8-10-16(11-9-15)20-7-2/h8-11,13-14,17-18H,6-7,12H2,1-5H3. The van der Waals surface area contributed by atoms with Gasteiger partial charge in [-0.25, -0.2) is 0 Å². The van der Waals surface area contributed by atoms with Gasteiger partial charge in [0.2, 0.25) is 0 Å². The minimum Gasteiger partial charge on any atom is -0.494 e. The maximum atomic E-state index is 5.56. The van der Waals surface area contributed by atoms with Gasteiger partial charge in [-0.3, -0.25) is 0 Å². The van der Waals surface area contributed by atoms with Gasteiger partial charge in [-0.1, -0.05) is 26.0 Å². The second-order valence-corrected chi connectivity index (χ2v) is 5.40. The quantitative estimate of drug-likeness (QED) is 0.746. The van der Waals surface area contributed by atoms with E-state index in [-0.39, 0.29) is 0 Å². The van der Waals surface area contributed by atoms with Crippen LogP contribution in [0.2, 0.25) is 0 Å². The lowest BCUT2D eigenvalue weighted by atomic mass is 10.0. The van der Waals surface area contributed by atoms with Crippen molar-refractivity contribution in [2.24, 2.45) is 5.92 Å². The predicted octanol–water partition coefficient (Wildman–Crippen LogP) is 3.80. The van der Waals surface area contributed by atoms with Gasteiger partial charge in [-0.15, -0.1) is 0 Å². The van der Waals surface area contributed by atoms with Gasteiger partial charge in [0.1, 0.15) is 5.75 Å². The van der Waals surface area contributed by atoms with Crippen LogP contribution in [0.1, 0.15) is 46.2 Å². The van der Waals surface area contributed by atoms with E-state index in [2.05, 4.69) is 38.2 Å². The molecule has 20 heavy (non-hydrogen) atoms. The normalized spacial score (nSPS) is 14.3. The summed E-state index contributed by atoms with van der Waals surface area (Å²) in [6.45, 7) is 12.9. The van der Waals surface area contributed by atoms with Gasteiger partial charge in [0.05, 0.1) is 13.2 Å². The van der Waals surface area contributed by atoms with Gasteiger partial charge in [-0.05, 0) is 44.4 Å². The highest BCUT2D eigenvalue weighted by molar-refractivity contribution is 5.29. The van der Waals surface area contributed by atoms with Gasteiger partial charge < -0.3 is 14.8 Å². The fourth-order valence-corrected chi connectivity index (χ4v) is 2.11. The average molecular weight is 279 g/mol. The van der Waals surface area contributed by atoms with Gasteiger partial charge in [0, 0.05) is 18.7 Å². The fraction of sp³-hybridized carbons (Fsp3) is 0.647. The molecule has 0 aliphatic rings. The van der Waals surface area contributed by atoms with Crippen molar-refractivity contribution in [2.45, 2.75) is 46.7 Å². The number of nitrogens with one attached hydrogen (secondary N) is 1. The second-order valence-electron chi connectivity index (χ2n) is 5.40. The van der Waals surface area contributed by atoms with Crippen LogP contribution in [0.4, 0.5) is 0 Å². The zero-order valence-corrected chi connectivity index (χ0v) is 13.5. The molecule has 0 bridgehead atoms. The van der Waals surface area contributed by atoms with E-state index in [1.54, 1.807) is 0 Å². The zero-order chi connectivity index (χ0) is 15.0. The van der Waals surface area contributed by atoms with Crippen LogP contribution < -0.4 is 10.1 Å². The van der Waals surface area contributed by atoms with Crippen LogP contribution in [0, 0.1) is 5.92 Å². The van der Waals surface area contributed by atoms with Crippen molar-refractivity contribution in [2.75, 3.05) is 19.8 Å². The lowest BCUT2D eigenvalue weighted by molar-refractivity contribution is 0.104. The Hall–Kier alpha value is -1.06. The molecular formula is C17H29NO2. The minimum atomic E-state index is 0.304. The first-order valence-electron chi connectivity index (χ1n) is 7.65. The third kappa shape index (κ3) is 5.51. The summed E-state index contributed by atoms with van der Waals surface area (Å²) < 4.78 is 11.0. The fourth-order valence-electron chi connectivity index (χ4n) is 2.11. The summed E-state index contributed by atoms with van der Waals surface area (Å²) in [5, 5.41) is 3.65. The Morgan fingerprint density at radius 2 is 1.65 bits per heavy atom. The molecule has 0 saturated heterocycles. The average Bonchev–Trinajstić information content (AvgIpc) is 2.44. The van der Waals surface area contributed by atoms with Crippen molar-refractivity contribution < 1.29 is 9.47 Å². The molecule has 2 atom stereocenters. The Labute approximate surface area is 123 Å². The molecule has 1 aromatic rings. The van der Waals surface area contributed by atoms with E-state index in [4.69, 9.17) is 9.47 Å². The monoisotopic (exact) mass is 279 g/mol. The Balaban J connectivity index is 2.60. The molecule has 0 saturated carbocycles. The zero-order valence-electron chi connectivity index (χ0n) is 13.5. The van der Waals surface area contributed by atoms with Crippen LogP contribution in [0.15, 0.2) is 24.3 Å². The van der Waals surface area contributed by atoms with Crippen LogP contribution in [-0.4, -0.2) is 25.9 Å². The van der Waals surface area contributed by atoms with Crippen LogP contribution in [0.25, 0.3) is 0 Å². The molecule has 0 aromatic heterocycles. The predicted molar refractivity (Wildman–Crippen MR) is 84.3 cm³/mol. The largest absolute Gasteiger partial charge is 0.494 e. The summed E-state index contributed by atoms with van der Waals surface area (Å²) in [6.07, 6.45) is 0. The lowest BCUT2D eigenvalue weighted by Crippen LogP contribution is -2.39. The van der Waals surface area contributed by atoms with E-state index in [1.807, 2.05) is 26.0 Å². The highest BCUT2D eigenvalue weighted by Gasteiger charge is 2.16. The Bertz CT molecular complexity index is 362. The van der Waals surface area contributed by atoms with Crippen molar-refractivity contribution in [1.29, 1.82) is 0 Å². The first kappa shape index (κ1) is 17.0. The second kappa shape index (κ2) is 8.98. The Morgan fingerprint density at radius 1 is 1.00 bits per heavy atom. The number of benzene rings is 1. The van der Waals surface area contributed by atoms with E-state index in [1.165, 1.54) is 5.56 Å². The first-order valence-corrected chi connectivity index (χ1v) is 7.65. The molecule has 0 aliphatic heterocycles. The topological polar surface area (TPSA) is 30.5 Å². The smallest absolute Gasteiger partial charge is 0.119 e. The van der Waals surface area contributed by atoms with Crippen molar-refractivity contribution in [3.05, 3.63) is 29.8 Å². The van der Waals surface area contributed by atoms with E-state index < -0.39 is 0 Å². The van der Waals surface area contributed by atoms with Gasteiger partial charge in [0.25, 0.3) is 0 Å². The lowest BCUT2D eigenvalue weighted by Gasteiger charge is -2.26. The maximum absolute atomic E-state index is 5.56. The molecule has 1 aromatic carbocycles. The van der Waals surface area contributed by atoms with E-state index in [0.29, 0.717) is 24.6 Å². The highest BCUT2D eigenvalue weighted by atomic mass is 16.5. The maximum Gasteiger partial charge on any atom is 0.119 e. The van der Waals surface area contributed by atoms with Crippen molar-refractivity contribution in [3.63, 3.8) is 0 Å². The summed E-state index contributed by atoms with van der Waals surface area (Å²) in [4.78, 5) is 0. The number of hydrogen-bond acceptors (Lipinski definition) is 3. The molecule has 1 rings (SSSR count). The molecule has 0 fully saturated rings. The molecule has 2 unspecified atom stereocenters. The Kier molecular flexibility index (Phi) is 7.63. The molecule has 0 spiro atoms. The van der Waals surface area contributed by atoms with Gasteiger partial charge >= 0.3 is 0 Å².